The molecular weight excluding hydrogens is 809 g/mol. The second-order valence-electron chi connectivity index (χ2n) is 13.2. The summed E-state index contributed by atoms with van der Waals surface area (Å²) < 4.78 is 8.72. The van der Waals surface area contributed by atoms with Crippen molar-refractivity contribution in [3.05, 3.63) is 151 Å². The van der Waals surface area contributed by atoms with Crippen molar-refractivity contribution in [1.29, 1.82) is 0 Å². The predicted octanol–water partition coefficient (Wildman–Crippen LogP) is 10.3. The van der Waals surface area contributed by atoms with Gasteiger partial charge in [0.2, 0.25) is 0 Å². The Bertz CT molecular complexity index is 2590. The number of imidazole rings is 1. The van der Waals surface area contributed by atoms with Gasteiger partial charge in [0.05, 0.1) is 25.0 Å². The molecule has 0 unspecified atom stereocenters. The molecule has 9 aromatic rings. The van der Waals surface area contributed by atoms with Crippen LogP contribution in [0.15, 0.2) is 138 Å². The van der Waals surface area contributed by atoms with E-state index in [1.54, 1.807) is 6.20 Å². The molecule has 0 atom stereocenters. The predicted molar refractivity (Wildman–Crippen MR) is 204 cm³/mol. The number of aryl methyl sites for hydroxylation is 1. The Morgan fingerprint density at radius 3 is 2.22 bits per heavy atom. The Labute approximate surface area is 306 Å². The van der Waals surface area contributed by atoms with Gasteiger partial charge in [0, 0.05) is 49.0 Å². The number of furan rings is 1. The number of pyridine rings is 2. The first kappa shape index (κ1) is 33.3. The van der Waals surface area contributed by atoms with Crippen LogP contribution in [-0.2, 0) is 20.1 Å². The molecule has 1 radical (unpaired) electrons. The molecule has 0 bridgehead atoms. The van der Waals surface area contributed by atoms with Crippen molar-refractivity contribution >= 4 is 57.1 Å². The van der Waals surface area contributed by atoms with E-state index in [9.17, 15) is 0 Å². The van der Waals surface area contributed by atoms with Crippen LogP contribution in [0, 0.1) is 19.1 Å². The fourth-order valence-electron chi connectivity index (χ4n) is 6.33. The van der Waals surface area contributed by atoms with Gasteiger partial charge in [-0.15, -0.1) is 54.1 Å². The minimum atomic E-state index is -1.23. The summed E-state index contributed by atoms with van der Waals surface area (Å²) in [5, 5.41) is 5.81. The molecule has 9 rings (SSSR count). The van der Waals surface area contributed by atoms with Crippen molar-refractivity contribution in [2.75, 3.05) is 0 Å². The van der Waals surface area contributed by atoms with Crippen molar-refractivity contribution in [2.45, 2.75) is 26.6 Å². The van der Waals surface area contributed by atoms with Crippen LogP contribution in [0.3, 0.4) is 0 Å². The molecule has 0 amide bonds. The van der Waals surface area contributed by atoms with Crippen LogP contribution in [-0.4, -0.2) is 27.6 Å². The van der Waals surface area contributed by atoms with Gasteiger partial charge in [0.25, 0.3) is 0 Å². The molecule has 0 saturated carbocycles. The van der Waals surface area contributed by atoms with E-state index in [0.29, 0.717) is 5.65 Å². The van der Waals surface area contributed by atoms with Gasteiger partial charge in [-0.1, -0.05) is 97.3 Å². The van der Waals surface area contributed by atoms with Gasteiger partial charge in [-0.2, -0.15) is 0 Å². The first-order valence-corrected chi connectivity index (χ1v) is 19.9. The third kappa shape index (κ3) is 6.09. The van der Waals surface area contributed by atoms with Gasteiger partial charge in [0.1, 0.15) is 5.58 Å². The number of aromatic nitrogens is 4. The summed E-state index contributed by atoms with van der Waals surface area (Å²) in [5.41, 5.74) is 8.41. The summed E-state index contributed by atoms with van der Waals surface area (Å²) in [4.78, 5) is 14.0. The van der Waals surface area contributed by atoms with Crippen molar-refractivity contribution in [2.24, 2.45) is 0 Å². The fourth-order valence-corrected chi connectivity index (χ4v) is 7.37. The van der Waals surface area contributed by atoms with E-state index in [1.165, 1.54) is 5.19 Å². The van der Waals surface area contributed by atoms with Crippen LogP contribution < -0.4 is 5.19 Å². The van der Waals surface area contributed by atoms with E-state index >= 15 is 0 Å². The summed E-state index contributed by atoms with van der Waals surface area (Å²) >= 11 is 0. The zero-order valence-electron chi connectivity index (χ0n) is 28.2. The number of benzene rings is 5. The second-order valence-corrected chi connectivity index (χ2v) is 18.3. The first-order chi connectivity index (χ1) is 23.9. The topological polar surface area (TPSA) is 56.7 Å². The van der Waals surface area contributed by atoms with Crippen molar-refractivity contribution in [3.63, 3.8) is 0 Å². The average molecular weight is 843 g/mol. The van der Waals surface area contributed by atoms with Crippen molar-refractivity contribution in [1.82, 2.24) is 19.5 Å². The molecule has 50 heavy (non-hydrogen) atoms. The molecule has 247 valence electrons. The third-order valence-electron chi connectivity index (χ3n) is 8.93. The van der Waals surface area contributed by atoms with E-state index < -0.39 is 8.07 Å². The smallest absolute Gasteiger partial charge is 0.168 e. The van der Waals surface area contributed by atoms with Crippen LogP contribution in [0.5, 0.6) is 0 Å². The first-order valence-electron chi connectivity index (χ1n) is 16.4. The Balaban J connectivity index is 0.000000196. The fraction of sp³-hybridized carbons (Fsp3) is 0.0930. The van der Waals surface area contributed by atoms with E-state index in [2.05, 4.69) is 108 Å². The average Bonchev–Trinajstić information content (AvgIpc) is 3.73. The Hall–Kier alpha value is -5.20. The van der Waals surface area contributed by atoms with Gasteiger partial charge >= 0.3 is 0 Å². The molecule has 5 aromatic carbocycles. The number of hydrogen-bond donors (Lipinski definition) is 0. The quantitative estimate of drug-likeness (QED) is 0.131. The number of fused-ring (bicyclic) bond motifs is 6. The summed E-state index contributed by atoms with van der Waals surface area (Å²) in [6.07, 6.45) is 3.82. The van der Waals surface area contributed by atoms with Crippen LogP contribution >= 0.6 is 0 Å². The zero-order chi connectivity index (χ0) is 33.5. The van der Waals surface area contributed by atoms with Crippen LogP contribution in [0.2, 0.25) is 19.6 Å². The Kier molecular flexibility index (Phi) is 9.06. The van der Waals surface area contributed by atoms with Gasteiger partial charge in [-0.3, -0.25) is 4.98 Å². The zero-order valence-corrected chi connectivity index (χ0v) is 31.6. The molecule has 0 N–H and O–H groups in total. The van der Waals surface area contributed by atoms with Gasteiger partial charge in [-0.25, -0.2) is 4.98 Å². The van der Waals surface area contributed by atoms with Crippen LogP contribution in [0.1, 0.15) is 5.56 Å². The minimum Gasteiger partial charge on any atom is -0.500 e. The van der Waals surface area contributed by atoms with Gasteiger partial charge < -0.3 is 14.0 Å². The third-order valence-corrected chi connectivity index (χ3v) is 11.0. The molecule has 0 aliphatic heterocycles. The summed E-state index contributed by atoms with van der Waals surface area (Å²) in [5.74, 6) is 0.770. The molecule has 5 nitrogen and oxygen atoms in total. The summed E-state index contributed by atoms with van der Waals surface area (Å²) in [6, 6.07) is 47.8. The molecule has 4 heterocycles. The number of rotatable bonds is 4. The Morgan fingerprint density at radius 1 is 0.680 bits per heavy atom. The number of nitrogens with zero attached hydrogens (tertiary/aromatic N) is 4. The molecule has 0 aliphatic rings. The van der Waals surface area contributed by atoms with Crippen LogP contribution in [0.25, 0.3) is 72.2 Å². The molecule has 0 fully saturated rings. The molecule has 0 aliphatic carbocycles. The van der Waals surface area contributed by atoms with E-state index in [1.807, 2.05) is 72.9 Å². The van der Waals surface area contributed by atoms with Crippen LogP contribution in [0.4, 0.5) is 0 Å². The van der Waals surface area contributed by atoms with Gasteiger partial charge in [-0.05, 0) is 47.0 Å². The molecule has 0 spiro atoms. The number of para-hydroxylation sites is 1. The largest absolute Gasteiger partial charge is 0.500 e. The van der Waals surface area contributed by atoms with E-state index in [0.717, 1.165) is 72.1 Å². The standard InChI is InChI=1S/C29H18N3O.C14H16NSi.Ir/c1-18-16-17-30-28-25(18)32(20-9-3-2-4-10-20)29(31-28)24-13-7-12-22-23-15-14-19-8-5-6-11-21(19)26(23)33-27(22)24;1-16(2,3)13-9-10-14(15-11-13)12-7-5-4-6-8-12;/h2-12,14-17H,1H3;4-7,9-11H,1-3H3;/q2*-1;. The molecule has 7 heteroatoms. The summed E-state index contributed by atoms with van der Waals surface area (Å²) in [6.45, 7) is 9.08. The maximum Gasteiger partial charge on any atom is 0.168 e. The minimum absolute atomic E-state index is 0. The maximum atomic E-state index is 6.56. The number of hydrogen-bond acceptors (Lipinski definition) is 4. The molecule has 0 saturated heterocycles. The van der Waals surface area contributed by atoms with E-state index in [4.69, 9.17) is 9.40 Å². The van der Waals surface area contributed by atoms with E-state index in [-0.39, 0.29) is 20.1 Å². The monoisotopic (exact) mass is 843 g/mol. The maximum absolute atomic E-state index is 6.56. The molecular formula is C43H34IrN4OSi-2. The van der Waals surface area contributed by atoms with Gasteiger partial charge in [0.15, 0.2) is 5.65 Å². The van der Waals surface area contributed by atoms with Crippen molar-refractivity contribution < 1.29 is 24.5 Å². The normalized spacial score (nSPS) is 11.4. The second kappa shape index (κ2) is 13.6. The SMILES string of the molecule is C[Si](C)(C)c1ccc(-c2[c-]cccc2)nc1.Cc1ccnc2nc(-c3[c-]ccc4c3oc3c5ccccc5ccc43)n(-c3ccccc3)c12.[Ir]. The Morgan fingerprint density at radius 2 is 1.46 bits per heavy atom. The summed E-state index contributed by atoms with van der Waals surface area (Å²) in [7, 11) is -1.23. The molecule has 4 aromatic heterocycles. The van der Waals surface area contributed by atoms with Crippen molar-refractivity contribution in [3.8, 4) is 28.3 Å².